The van der Waals surface area contributed by atoms with Crippen LogP contribution in [0.1, 0.15) is 31.1 Å². The lowest BCUT2D eigenvalue weighted by Crippen LogP contribution is -2.06. The van der Waals surface area contributed by atoms with Crippen molar-refractivity contribution in [3.63, 3.8) is 0 Å². The number of hydrogen-bond donors (Lipinski definition) is 1. The van der Waals surface area contributed by atoms with E-state index in [1.807, 2.05) is 26.0 Å². The summed E-state index contributed by atoms with van der Waals surface area (Å²) >= 11 is 3.23. The molecule has 0 aliphatic heterocycles. The van der Waals surface area contributed by atoms with Gasteiger partial charge in [0.15, 0.2) is 0 Å². The highest BCUT2D eigenvalue weighted by Crippen LogP contribution is 2.28. The van der Waals surface area contributed by atoms with Crippen molar-refractivity contribution in [2.45, 2.75) is 26.1 Å². The summed E-state index contributed by atoms with van der Waals surface area (Å²) in [5.41, 5.74) is 1.17. The Morgan fingerprint density at radius 3 is 2.50 bits per heavy atom. The first-order chi connectivity index (χ1) is 9.45. The lowest BCUT2D eigenvalue weighted by Gasteiger charge is -2.15. The first-order valence-electron chi connectivity index (χ1n) is 6.36. The molecule has 0 spiro atoms. The van der Waals surface area contributed by atoms with Crippen LogP contribution in [0.5, 0.6) is 5.75 Å². The van der Waals surface area contributed by atoms with Crippen molar-refractivity contribution in [3.8, 4) is 5.75 Å². The highest BCUT2D eigenvalue weighted by atomic mass is 79.9. The molecular weight excluding hydrogens is 323 g/mol. The minimum absolute atomic E-state index is 0.0608. The molecule has 0 fully saturated rings. The number of rotatable bonds is 4. The zero-order valence-corrected chi connectivity index (χ0v) is 12.9. The molecule has 0 saturated heterocycles. The van der Waals surface area contributed by atoms with Gasteiger partial charge in [0, 0.05) is 4.47 Å². The SMILES string of the molecule is CC(C)Oc1cccc(C(O)c2cc(F)cc(Br)c2)c1. The van der Waals surface area contributed by atoms with E-state index < -0.39 is 6.10 Å². The van der Waals surface area contributed by atoms with Crippen molar-refractivity contribution in [2.24, 2.45) is 0 Å². The smallest absolute Gasteiger partial charge is 0.124 e. The third-order valence-corrected chi connectivity index (χ3v) is 3.20. The fourth-order valence-corrected chi connectivity index (χ4v) is 2.44. The third kappa shape index (κ3) is 3.81. The molecule has 0 heterocycles. The van der Waals surface area contributed by atoms with Crippen molar-refractivity contribution in [3.05, 3.63) is 63.9 Å². The second-order valence-electron chi connectivity index (χ2n) is 4.84. The molecule has 0 bridgehead atoms. The van der Waals surface area contributed by atoms with Crippen LogP contribution < -0.4 is 4.74 Å². The Hall–Kier alpha value is -1.39. The molecule has 0 aromatic heterocycles. The average molecular weight is 339 g/mol. The quantitative estimate of drug-likeness (QED) is 0.891. The van der Waals surface area contributed by atoms with Crippen LogP contribution >= 0.6 is 15.9 Å². The molecule has 4 heteroatoms. The average Bonchev–Trinajstić information content (AvgIpc) is 2.36. The van der Waals surface area contributed by atoms with Gasteiger partial charge in [0.2, 0.25) is 0 Å². The lowest BCUT2D eigenvalue weighted by atomic mass is 10.0. The number of halogens is 2. The predicted octanol–water partition coefficient (Wildman–Crippen LogP) is 4.46. The number of aliphatic hydroxyl groups is 1. The van der Waals surface area contributed by atoms with E-state index in [-0.39, 0.29) is 11.9 Å². The van der Waals surface area contributed by atoms with Gasteiger partial charge >= 0.3 is 0 Å². The summed E-state index contributed by atoms with van der Waals surface area (Å²) in [7, 11) is 0. The Kier molecular flexibility index (Phi) is 4.78. The van der Waals surface area contributed by atoms with E-state index in [2.05, 4.69) is 15.9 Å². The summed E-state index contributed by atoms with van der Waals surface area (Å²) < 4.78 is 19.6. The molecule has 2 nitrogen and oxygen atoms in total. The normalized spacial score (nSPS) is 12.5. The molecule has 0 aliphatic carbocycles. The molecule has 2 aromatic carbocycles. The van der Waals surface area contributed by atoms with Crippen LogP contribution in [0, 0.1) is 5.82 Å². The maximum atomic E-state index is 13.4. The highest BCUT2D eigenvalue weighted by molar-refractivity contribution is 9.10. The summed E-state index contributed by atoms with van der Waals surface area (Å²) in [5.74, 6) is 0.301. The van der Waals surface area contributed by atoms with Crippen LogP contribution in [0.4, 0.5) is 4.39 Å². The lowest BCUT2D eigenvalue weighted by molar-refractivity contribution is 0.216. The van der Waals surface area contributed by atoms with Crippen LogP contribution in [-0.2, 0) is 0 Å². The number of benzene rings is 2. The standard InChI is InChI=1S/C16H16BrFO2/c1-10(2)20-15-5-3-4-11(8-15)16(19)12-6-13(17)9-14(18)7-12/h3-10,16,19H,1-2H3. The topological polar surface area (TPSA) is 29.5 Å². The van der Waals surface area contributed by atoms with Gasteiger partial charge in [-0.2, -0.15) is 0 Å². The Balaban J connectivity index is 2.30. The first kappa shape index (κ1) is 15.0. The van der Waals surface area contributed by atoms with Crippen LogP contribution in [0.2, 0.25) is 0 Å². The maximum Gasteiger partial charge on any atom is 0.124 e. The van der Waals surface area contributed by atoms with Crippen LogP contribution in [0.25, 0.3) is 0 Å². The molecule has 2 aromatic rings. The maximum absolute atomic E-state index is 13.4. The van der Waals surface area contributed by atoms with Gasteiger partial charge < -0.3 is 9.84 Å². The summed E-state index contributed by atoms with van der Waals surface area (Å²) in [6, 6.07) is 11.6. The van der Waals surface area contributed by atoms with Gasteiger partial charge in [-0.3, -0.25) is 0 Å². The Morgan fingerprint density at radius 1 is 1.10 bits per heavy atom. The third-order valence-electron chi connectivity index (χ3n) is 2.75. The van der Waals surface area contributed by atoms with Crippen molar-refractivity contribution in [1.82, 2.24) is 0 Å². The number of aliphatic hydroxyl groups excluding tert-OH is 1. The van der Waals surface area contributed by atoms with Crippen LogP contribution in [-0.4, -0.2) is 11.2 Å². The molecule has 0 radical (unpaired) electrons. The minimum Gasteiger partial charge on any atom is -0.491 e. The first-order valence-corrected chi connectivity index (χ1v) is 7.15. The van der Waals surface area contributed by atoms with Crippen molar-refractivity contribution in [1.29, 1.82) is 0 Å². The molecule has 2 rings (SSSR count). The number of hydrogen-bond acceptors (Lipinski definition) is 2. The van der Waals surface area contributed by atoms with Gasteiger partial charge in [0.1, 0.15) is 17.7 Å². The zero-order valence-electron chi connectivity index (χ0n) is 11.3. The highest BCUT2D eigenvalue weighted by Gasteiger charge is 2.13. The zero-order chi connectivity index (χ0) is 14.7. The molecule has 0 amide bonds. The van der Waals surface area contributed by atoms with Gasteiger partial charge in [0.05, 0.1) is 6.10 Å². The fourth-order valence-electron chi connectivity index (χ4n) is 1.96. The van der Waals surface area contributed by atoms with Crippen molar-refractivity contribution < 1.29 is 14.2 Å². The van der Waals surface area contributed by atoms with Gasteiger partial charge in [0.25, 0.3) is 0 Å². The molecule has 20 heavy (non-hydrogen) atoms. The molecule has 1 unspecified atom stereocenters. The summed E-state index contributed by atoms with van der Waals surface area (Å²) in [6.45, 7) is 3.87. The predicted molar refractivity (Wildman–Crippen MR) is 80.4 cm³/mol. The van der Waals surface area contributed by atoms with Gasteiger partial charge in [-0.1, -0.05) is 28.1 Å². The second kappa shape index (κ2) is 6.37. The van der Waals surface area contributed by atoms with E-state index in [0.29, 0.717) is 21.3 Å². The van der Waals surface area contributed by atoms with Crippen molar-refractivity contribution in [2.75, 3.05) is 0 Å². The molecule has 0 aliphatic rings. The molecule has 1 N–H and O–H groups in total. The molecule has 1 atom stereocenters. The van der Waals surface area contributed by atoms with Gasteiger partial charge in [-0.15, -0.1) is 0 Å². The van der Waals surface area contributed by atoms with E-state index in [0.717, 1.165) is 0 Å². The van der Waals surface area contributed by atoms with Crippen LogP contribution in [0.15, 0.2) is 46.9 Å². The van der Waals surface area contributed by atoms with E-state index >= 15 is 0 Å². The minimum atomic E-state index is -0.891. The van der Waals surface area contributed by atoms with Crippen molar-refractivity contribution >= 4 is 15.9 Å². The summed E-state index contributed by atoms with van der Waals surface area (Å²) in [5, 5.41) is 10.4. The monoisotopic (exact) mass is 338 g/mol. The van der Waals surface area contributed by atoms with E-state index in [1.165, 1.54) is 12.1 Å². The number of ether oxygens (including phenoxy) is 1. The molecule has 106 valence electrons. The molecule has 0 saturated carbocycles. The molecular formula is C16H16BrFO2. The van der Waals surface area contributed by atoms with Gasteiger partial charge in [-0.25, -0.2) is 4.39 Å². The fraction of sp³-hybridized carbons (Fsp3) is 0.250. The summed E-state index contributed by atoms with van der Waals surface area (Å²) in [4.78, 5) is 0. The Morgan fingerprint density at radius 2 is 1.85 bits per heavy atom. The Labute approximate surface area is 126 Å². The van der Waals surface area contributed by atoms with Crippen LogP contribution in [0.3, 0.4) is 0 Å². The van der Waals surface area contributed by atoms with E-state index in [1.54, 1.807) is 18.2 Å². The summed E-state index contributed by atoms with van der Waals surface area (Å²) in [6.07, 6.45) is -0.830. The largest absolute Gasteiger partial charge is 0.491 e. The van der Waals surface area contributed by atoms with E-state index in [9.17, 15) is 9.50 Å². The van der Waals surface area contributed by atoms with E-state index in [4.69, 9.17) is 4.74 Å². The van der Waals surface area contributed by atoms with Gasteiger partial charge in [-0.05, 0) is 55.3 Å². The second-order valence-corrected chi connectivity index (χ2v) is 5.76. The Bertz CT molecular complexity index is 579.